The van der Waals surface area contributed by atoms with E-state index in [2.05, 4.69) is 12.1 Å². The molecule has 0 aliphatic heterocycles. The first-order valence-corrected chi connectivity index (χ1v) is 7.39. The fraction of sp³-hybridized carbons (Fsp3) is 0.400. The number of carbonyl (C=O) groups is 1. The average Bonchev–Trinajstić information content (AvgIpc) is 2.50. The molecule has 1 rings (SSSR count). The number of benzene rings is 1. The lowest BCUT2D eigenvalue weighted by molar-refractivity contribution is -0.128. The SMILES string of the molecule is CCN(CC(C)C#N)C(=O)CSc1ccc(C#N)cc1. The Morgan fingerprint density at radius 3 is 2.50 bits per heavy atom. The van der Waals surface area contributed by atoms with Crippen molar-refractivity contribution < 1.29 is 4.79 Å². The molecule has 0 bridgehead atoms. The van der Waals surface area contributed by atoms with Crippen LogP contribution in [0, 0.1) is 28.6 Å². The lowest BCUT2D eigenvalue weighted by Gasteiger charge is -2.21. The summed E-state index contributed by atoms with van der Waals surface area (Å²) in [5.41, 5.74) is 0.610. The van der Waals surface area contributed by atoms with Crippen LogP contribution in [0.5, 0.6) is 0 Å². The van der Waals surface area contributed by atoms with Crippen molar-refractivity contribution in [3.05, 3.63) is 29.8 Å². The molecule has 0 aromatic heterocycles. The molecule has 4 nitrogen and oxygen atoms in total. The number of nitriles is 2. The highest BCUT2D eigenvalue weighted by Crippen LogP contribution is 2.19. The first kappa shape index (κ1) is 16.1. The van der Waals surface area contributed by atoms with Crippen LogP contribution in [0.15, 0.2) is 29.2 Å². The number of rotatable bonds is 6. The van der Waals surface area contributed by atoms with Crippen LogP contribution in [0.1, 0.15) is 19.4 Å². The van der Waals surface area contributed by atoms with Gasteiger partial charge in [-0.25, -0.2) is 0 Å². The summed E-state index contributed by atoms with van der Waals surface area (Å²) in [5, 5.41) is 17.5. The van der Waals surface area contributed by atoms with Gasteiger partial charge in [-0.05, 0) is 38.1 Å². The molecule has 0 heterocycles. The van der Waals surface area contributed by atoms with Gasteiger partial charge in [-0.1, -0.05) is 0 Å². The molecule has 20 heavy (non-hydrogen) atoms. The molecule has 0 saturated heterocycles. The topological polar surface area (TPSA) is 67.9 Å². The second-order valence-corrected chi connectivity index (χ2v) is 5.44. The van der Waals surface area contributed by atoms with Crippen LogP contribution >= 0.6 is 11.8 Å². The van der Waals surface area contributed by atoms with Crippen molar-refractivity contribution in [3.63, 3.8) is 0 Å². The molecule has 1 amide bonds. The van der Waals surface area contributed by atoms with E-state index in [-0.39, 0.29) is 11.8 Å². The van der Waals surface area contributed by atoms with E-state index in [1.54, 1.807) is 17.0 Å². The molecule has 0 spiro atoms. The molecule has 0 aliphatic rings. The summed E-state index contributed by atoms with van der Waals surface area (Å²) in [7, 11) is 0. The Morgan fingerprint density at radius 2 is 2.00 bits per heavy atom. The predicted molar refractivity (Wildman–Crippen MR) is 78.9 cm³/mol. The normalized spacial score (nSPS) is 11.2. The Morgan fingerprint density at radius 1 is 1.35 bits per heavy atom. The van der Waals surface area contributed by atoms with Crippen molar-refractivity contribution >= 4 is 17.7 Å². The highest BCUT2D eigenvalue weighted by Gasteiger charge is 2.14. The van der Waals surface area contributed by atoms with E-state index in [1.165, 1.54) is 11.8 Å². The molecule has 1 unspecified atom stereocenters. The standard InChI is InChI=1S/C15H17N3OS/c1-3-18(10-12(2)8-16)15(19)11-20-14-6-4-13(9-17)5-7-14/h4-7,12H,3,10-11H2,1-2H3. The minimum atomic E-state index is -0.154. The molecule has 5 heteroatoms. The molecule has 0 N–H and O–H groups in total. The van der Waals surface area contributed by atoms with E-state index < -0.39 is 0 Å². The highest BCUT2D eigenvalue weighted by molar-refractivity contribution is 8.00. The van der Waals surface area contributed by atoms with Gasteiger partial charge in [0, 0.05) is 18.0 Å². The molecule has 1 aromatic rings. The van der Waals surface area contributed by atoms with E-state index in [9.17, 15) is 4.79 Å². The van der Waals surface area contributed by atoms with Gasteiger partial charge in [0.05, 0.1) is 29.4 Å². The van der Waals surface area contributed by atoms with Gasteiger partial charge in [0.2, 0.25) is 5.91 Å². The van der Waals surface area contributed by atoms with Crippen molar-refractivity contribution in [1.29, 1.82) is 10.5 Å². The number of hydrogen-bond acceptors (Lipinski definition) is 4. The first-order chi connectivity index (χ1) is 9.60. The summed E-state index contributed by atoms with van der Waals surface area (Å²) in [5.74, 6) is 0.223. The van der Waals surface area contributed by atoms with Crippen LogP contribution in [-0.2, 0) is 4.79 Å². The lowest BCUT2D eigenvalue weighted by Crippen LogP contribution is -2.35. The number of nitrogens with zero attached hydrogens (tertiary/aromatic N) is 3. The zero-order chi connectivity index (χ0) is 15.0. The summed E-state index contributed by atoms with van der Waals surface area (Å²) in [4.78, 5) is 14.7. The molecule has 0 radical (unpaired) electrons. The summed E-state index contributed by atoms with van der Waals surface area (Å²) in [6.45, 7) is 4.80. The van der Waals surface area contributed by atoms with E-state index in [1.807, 2.05) is 26.0 Å². The summed E-state index contributed by atoms with van der Waals surface area (Å²) in [6, 6.07) is 11.4. The van der Waals surface area contributed by atoms with Gasteiger partial charge in [0.1, 0.15) is 0 Å². The van der Waals surface area contributed by atoms with Gasteiger partial charge in [0.25, 0.3) is 0 Å². The third-order valence-electron chi connectivity index (χ3n) is 2.79. The fourth-order valence-electron chi connectivity index (χ4n) is 1.64. The Bertz CT molecular complexity index is 528. The van der Waals surface area contributed by atoms with Gasteiger partial charge in [0.15, 0.2) is 0 Å². The van der Waals surface area contributed by atoms with Crippen LogP contribution in [0.2, 0.25) is 0 Å². The van der Waals surface area contributed by atoms with Crippen LogP contribution in [0.25, 0.3) is 0 Å². The van der Waals surface area contributed by atoms with Crippen molar-refractivity contribution in [2.45, 2.75) is 18.7 Å². The minimum absolute atomic E-state index is 0.0314. The minimum Gasteiger partial charge on any atom is -0.341 e. The number of amides is 1. The number of thioether (sulfide) groups is 1. The highest BCUT2D eigenvalue weighted by atomic mass is 32.2. The van der Waals surface area contributed by atoms with Crippen LogP contribution in [0.4, 0.5) is 0 Å². The third-order valence-corrected chi connectivity index (χ3v) is 3.79. The van der Waals surface area contributed by atoms with Gasteiger partial charge in [-0.15, -0.1) is 11.8 Å². The monoisotopic (exact) mass is 287 g/mol. The second kappa shape index (κ2) is 8.24. The number of hydrogen-bond donors (Lipinski definition) is 0. The Labute approximate surface area is 124 Å². The van der Waals surface area contributed by atoms with E-state index in [4.69, 9.17) is 10.5 Å². The predicted octanol–water partition coefficient (Wildman–Crippen LogP) is 2.66. The van der Waals surface area contributed by atoms with Gasteiger partial charge in [-0.3, -0.25) is 4.79 Å². The molecule has 0 fully saturated rings. The van der Waals surface area contributed by atoms with Crippen molar-refractivity contribution in [3.8, 4) is 12.1 Å². The van der Waals surface area contributed by atoms with Crippen LogP contribution in [0.3, 0.4) is 0 Å². The van der Waals surface area contributed by atoms with Gasteiger partial charge >= 0.3 is 0 Å². The summed E-state index contributed by atoms with van der Waals surface area (Å²) in [6.07, 6.45) is 0. The molecule has 1 aromatic carbocycles. The zero-order valence-corrected chi connectivity index (χ0v) is 12.5. The zero-order valence-electron chi connectivity index (χ0n) is 11.7. The van der Waals surface area contributed by atoms with Crippen LogP contribution in [-0.4, -0.2) is 29.6 Å². The molecule has 0 aliphatic carbocycles. The van der Waals surface area contributed by atoms with Gasteiger partial charge < -0.3 is 4.90 Å². The maximum Gasteiger partial charge on any atom is 0.232 e. The van der Waals surface area contributed by atoms with Crippen LogP contribution < -0.4 is 0 Å². The Hall–Kier alpha value is -1.98. The summed E-state index contributed by atoms with van der Waals surface area (Å²) >= 11 is 1.44. The van der Waals surface area contributed by atoms with E-state index >= 15 is 0 Å². The maximum atomic E-state index is 12.1. The largest absolute Gasteiger partial charge is 0.341 e. The molecule has 104 valence electrons. The molecular formula is C15H17N3OS. The van der Waals surface area contributed by atoms with Crippen molar-refractivity contribution in [2.75, 3.05) is 18.8 Å². The van der Waals surface area contributed by atoms with E-state index in [0.29, 0.717) is 24.4 Å². The smallest absolute Gasteiger partial charge is 0.232 e. The Kier molecular flexibility index (Phi) is 6.63. The third kappa shape index (κ3) is 4.95. The quantitative estimate of drug-likeness (QED) is 0.754. The van der Waals surface area contributed by atoms with Crippen molar-refractivity contribution in [1.82, 2.24) is 4.90 Å². The fourth-order valence-corrected chi connectivity index (χ4v) is 2.44. The Balaban J connectivity index is 2.52. The van der Waals surface area contributed by atoms with E-state index in [0.717, 1.165) is 4.90 Å². The summed E-state index contributed by atoms with van der Waals surface area (Å²) < 4.78 is 0. The molecule has 1 atom stereocenters. The lowest BCUT2D eigenvalue weighted by atomic mass is 10.2. The second-order valence-electron chi connectivity index (χ2n) is 4.39. The van der Waals surface area contributed by atoms with Gasteiger partial charge in [-0.2, -0.15) is 10.5 Å². The molecular weight excluding hydrogens is 270 g/mol. The maximum absolute atomic E-state index is 12.1. The molecule has 0 saturated carbocycles. The van der Waals surface area contributed by atoms with Crippen molar-refractivity contribution in [2.24, 2.45) is 5.92 Å². The average molecular weight is 287 g/mol. The number of carbonyl (C=O) groups excluding carboxylic acids is 1. The first-order valence-electron chi connectivity index (χ1n) is 6.41.